The van der Waals surface area contributed by atoms with Gasteiger partial charge in [0.25, 0.3) is 0 Å². The summed E-state index contributed by atoms with van der Waals surface area (Å²) in [6.45, 7) is 0.168. The SMILES string of the molecule is O=C(Nc1scnc1C(=O)O)OCC1c2ccccc2-c2ccccc21. The van der Waals surface area contributed by atoms with Crippen molar-refractivity contribution >= 4 is 28.4 Å². The maximum atomic E-state index is 12.1. The van der Waals surface area contributed by atoms with Gasteiger partial charge >= 0.3 is 12.1 Å². The van der Waals surface area contributed by atoms with E-state index in [1.165, 1.54) is 5.51 Å². The number of thiazole rings is 1. The van der Waals surface area contributed by atoms with E-state index in [2.05, 4.69) is 22.4 Å². The number of ether oxygens (including phenoxy) is 1. The molecule has 0 bridgehead atoms. The molecular weight excluding hydrogens is 352 g/mol. The van der Waals surface area contributed by atoms with E-state index in [4.69, 9.17) is 9.84 Å². The maximum absolute atomic E-state index is 12.1. The fourth-order valence-electron chi connectivity index (χ4n) is 3.21. The number of carbonyl (C=O) groups excluding carboxylic acids is 1. The van der Waals surface area contributed by atoms with Crippen LogP contribution in [0.4, 0.5) is 9.80 Å². The quantitative estimate of drug-likeness (QED) is 0.722. The molecule has 1 heterocycles. The Bertz CT molecular complexity index is 953. The van der Waals surface area contributed by atoms with Crippen molar-refractivity contribution < 1.29 is 19.4 Å². The summed E-state index contributed by atoms with van der Waals surface area (Å²) in [4.78, 5) is 26.9. The largest absolute Gasteiger partial charge is 0.476 e. The van der Waals surface area contributed by atoms with Crippen molar-refractivity contribution in [3.05, 3.63) is 70.9 Å². The standard InChI is InChI=1S/C19H14N2O4S/c22-18(23)16-17(26-10-20-16)21-19(24)25-9-15-13-7-3-1-5-11(13)12-6-2-4-8-14(12)15/h1-8,10,15H,9H2,(H,21,24)(H,22,23). The van der Waals surface area contributed by atoms with E-state index in [1.807, 2.05) is 36.4 Å². The van der Waals surface area contributed by atoms with E-state index in [0.29, 0.717) is 0 Å². The Labute approximate surface area is 153 Å². The Kier molecular flexibility index (Phi) is 4.14. The predicted molar refractivity (Wildman–Crippen MR) is 97.8 cm³/mol. The van der Waals surface area contributed by atoms with Crippen LogP contribution in [0.5, 0.6) is 0 Å². The van der Waals surface area contributed by atoms with Gasteiger partial charge in [-0.3, -0.25) is 5.32 Å². The molecule has 0 atom stereocenters. The van der Waals surface area contributed by atoms with E-state index in [0.717, 1.165) is 33.6 Å². The third-order valence-electron chi connectivity index (χ3n) is 4.33. The number of aromatic nitrogens is 1. The van der Waals surface area contributed by atoms with Gasteiger partial charge in [-0.05, 0) is 22.3 Å². The third kappa shape index (κ3) is 2.82. The summed E-state index contributed by atoms with van der Waals surface area (Å²) in [5, 5.41) is 11.7. The molecule has 2 aromatic carbocycles. The first kappa shape index (κ1) is 16.3. The van der Waals surface area contributed by atoms with Crippen LogP contribution in [0.1, 0.15) is 27.5 Å². The summed E-state index contributed by atoms with van der Waals surface area (Å²) in [5.41, 5.74) is 5.70. The third-order valence-corrected chi connectivity index (χ3v) is 5.07. The second-order valence-corrected chi connectivity index (χ2v) is 6.64. The van der Waals surface area contributed by atoms with Gasteiger partial charge in [-0.15, -0.1) is 11.3 Å². The molecule has 26 heavy (non-hydrogen) atoms. The first-order valence-corrected chi connectivity index (χ1v) is 8.82. The predicted octanol–water partition coefficient (Wildman–Crippen LogP) is 4.20. The van der Waals surface area contributed by atoms with Crippen molar-refractivity contribution in [2.24, 2.45) is 0 Å². The van der Waals surface area contributed by atoms with Crippen LogP contribution in [0.15, 0.2) is 54.0 Å². The number of amides is 1. The van der Waals surface area contributed by atoms with Crippen LogP contribution in [0.3, 0.4) is 0 Å². The molecule has 2 N–H and O–H groups in total. The molecular formula is C19H14N2O4S. The van der Waals surface area contributed by atoms with Crippen LogP contribution in [-0.2, 0) is 4.74 Å². The lowest BCUT2D eigenvalue weighted by Crippen LogP contribution is -2.18. The minimum absolute atomic E-state index is 0.0476. The number of anilines is 1. The summed E-state index contributed by atoms with van der Waals surface area (Å²) in [5.74, 6) is -1.24. The Morgan fingerprint density at radius 2 is 1.69 bits per heavy atom. The molecule has 0 spiro atoms. The fourth-order valence-corrected chi connectivity index (χ4v) is 3.87. The average molecular weight is 366 g/mol. The highest BCUT2D eigenvalue weighted by atomic mass is 32.1. The topological polar surface area (TPSA) is 88.5 Å². The number of nitrogens with one attached hydrogen (secondary N) is 1. The molecule has 130 valence electrons. The molecule has 4 rings (SSSR count). The number of carboxylic acid groups (broad SMARTS) is 1. The fraction of sp³-hybridized carbons (Fsp3) is 0.105. The number of aromatic carboxylic acids is 1. The van der Waals surface area contributed by atoms with Crippen molar-refractivity contribution in [1.29, 1.82) is 0 Å². The van der Waals surface area contributed by atoms with Crippen molar-refractivity contribution in [3.8, 4) is 11.1 Å². The minimum Gasteiger partial charge on any atom is -0.476 e. The molecule has 3 aromatic rings. The normalized spacial score (nSPS) is 12.3. The first-order valence-electron chi connectivity index (χ1n) is 7.94. The maximum Gasteiger partial charge on any atom is 0.412 e. The second-order valence-electron chi connectivity index (χ2n) is 5.79. The number of fused-ring (bicyclic) bond motifs is 3. The Hall–Kier alpha value is -3.19. The Balaban J connectivity index is 1.50. The van der Waals surface area contributed by atoms with Crippen molar-refractivity contribution in [2.75, 3.05) is 11.9 Å². The molecule has 6 nitrogen and oxygen atoms in total. The monoisotopic (exact) mass is 366 g/mol. The molecule has 0 saturated heterocycles. The number of carbonyl (C=O) groups is 2. The molecule has 1 aliphatic carbocycles. The summed E-state index contributed by atoms with van der Waals surface area (Å²) < 4.78 is 5.38. The van der Waals surface area contributed by atoms with Gasteiger partial charge in [0.1, 0.15) is 11.6 Å². The molecule has 0 aliphatic heterocycles. The van der Waals surface area contributed by atoms with Crippen LogP contribution in [0, 0.1) is 0 Å². The van der Waals surface area contributed by atoms with E-state index in [1.54, 1.807) is 0 Å². The molecule has 0 fully saturated rings. The summed E-state index contributed by atoms with van der Waals surface area (Å²) in [6.07, 6.45) is -0.696. The number of hydrogen-bond donors (Lipinski definition) is 2. The molecule has 7 heteroatoms. The van der Waals surface area contributed by atoms with E-state index < -0.39 is 12.1 Å². The van der Waals surface area contributed by atoms with Gasteiger partial charge in [0.05, 0.1) is 5.51 Å². The zero-order chi connectivity index (χ0) is 18.1. The highest BCUT2D eigenvalue weighted by Gasteiger charge is 2.29. The van der Waals surface area contributed by atoms with Gasteiger partial charge in [-0.2, -0.15) is 0 Å². The lowest BCUT2D eigenvalue weighted by atomic mass is 9.98. The minimum atomic E-state index is -1.19. The smallest absolute Gasteiger partial charge is 0.412 e. The summed E-state index contributed by atoms with van der Waals surface area (Å²) in [6, 6.07) is 16.1. The molecule has 0 saturated carbocycles. The summed E-state index contributed by atoms with van der Waals surface area (Å²) in [7, 11) is 0. The van der Waals surface area contributed by atoms with Crippen molar-refractivity contribution in [2.45, 2.75) is 5.92 Å². The zero-order valence-corrected chi connectivity index (χ0v) is 14.3. The lowest BCUT2D eigenvalue weighted by Gasteiger charge is -2.14. The zero-order valence-electron chi connectivity index (χ0n) is 13.5. The number of nitrogens with zero attached hydrogens (tertiary/aromatic N) is 1. The van der Waals surface area contributed by atoms with Crippen molar-refractivity contribution in [1.82, 2.24) is 4.98 Å². The second kappa shape index (κ2) is 6.61. The lowest BCUT2D eigenvalue weighted by molar-refractivity contribution is 0.0692. The van der Waals surface area contributed by atoms with E-state index >= 15 is 0 Å². The van der Waals surface area contributed by atoms with Crippen LogP contribution in [-0.4, -0.2) is 28.8 Å². The molecule has 0 unspecified atom stereocenters. The van der Waals surface area contributed by atoms with Gasteiger partial charge in [0.15, 0.2) is 5.69 Å². The van der Waals surface area contributed by atoms with E-state index in [9.17, 15) is 9.59 Å². The molecule has 0 radical (unpaired) electrons. The van der Waals surface area contributed by atoms with Crippen LogP contribution in [0.2, 0.25) is 0 Å². The molecule has 1 amide bonds. The van der Waals surface area contributed by atoms with Gasteiger partial charge in [-0.25, -0.2) is 14.6 Å². The van der Waals surface area contributed by atoms with Gasteiger partial charge in [-0.1, -0.05) is 48.5 Å². The Morgan fingerprint density at radius 1 is 1.08 bits per heavy atom. The van der Waals surface area contributed by atoms with E-state index in [-0.39, 0.29) is 23.2 Å². The van der Waals surface area contributed by atoms with Gasteiger partial charge in [0.2, 0.25) is 0 Å². The number of benzene rings is 2. The van der Waals surface area contributed by atoms with Crippen molar-refractivity contribution in [3.63, 3.8) is 0 Å². The number of hydrogen-bond acceptors (Lipinski definition) is 5. The molecule has 1 aromatic heterocycles. The number of rotatable bonds is 4. The van der Waals surface area contributed by atoms with Crippen LogP contribution >= 0.6 is 11.3 Å². The molecule has 1 aliphatic rings. The highest BCUT2D eigenvalue weighted by Crippen LogP contribution is 2.44. The highest BCUT2D eigenvalue weighted by molar-refractivity contribution is 7.14. The van der Waals surface area contributed by atoms with Gasteiger partial charge < -0.3 is 9.84 Å². The Morgan fingerprint density at radius 3 is 2.31 bits per heavy atom. The number of carboxylic acids is 1. The van der Waals surface area contributed by atoms with Crippen LogP contribution in [0.25, 0.3) is 11.1 Å². The average Bonchev–Trinajstić information content (AvgIpc) is 3.23. The van der Waals surface area contributed by atoms with Crippen LogP contribution < -0.4 is 5.32 Å². The van der Waals surface area contributed by atoms with Gasteiger partial charge in [0, 0.05) is 5.92 Å². The first-order chi connectivity index (χ1) is 12.6. The summed E-state index contributed by atoms with van der Waals surface area (Å²) >= 11 is 1.04.